The maximum atomic E-state index is 5.00. The first-order chi connectivity index (χ1) is 6.22. The number of aryl methyl sites for hydroxylation is 1. The third kappa shape index (κ3) is 3.74. The summed E-state index contributed by atoms with van der Waals surface area (Å²) >= 11 is 1.65. The summed E-state index contributed by atoms with van der Waals surface area (Å²) in [5.74, 6) is 0. The quantitative estimate of drug-likeness (QED) is 0.792. The second-order valence-electron chi connectivity index (χ2n) is 3.12. The van der Waals surface area contributed by atoms with Crippen LogP contribution in [-0.2, 0) is 4.74 Å². The molecule has 0 bridgehead atoms. The van der Waals surface area contributed by atoms with Gasteiger partial charge in [0.25, 0.3) is 0 Å². The lowest BCUT2D eigenvalue weighted by Crippen LogP contribution is -2.16. The van der Waals surface area contributed by atoms with Gasteiger partial charge in [0.2, 0.25) is 0 Å². The highest BCUT2D eigenvalue weighted by Crippen LogP contribution is 2.15. The average Bonchev–Trinajstić information content (AvgIpc) is 2.48. The molecule has 4 heteroatoms. The minimum absolute atomic E-state index is 0.422. The van der Waals surface area contributed by atoms with Crippen LogP contribution in [0.5, 0.6) is 0 Å². The van der Waals surface area contributed by atoms with Crippen molar-refractivity contribution in [3.8, 4) is 0 Å². The number of methoxy groups -OCH3 is 1. The SMILES string of the molecule is COCCC(C)Nc1nc(C)cs1. The summed E-state index contributed by atoms with van der Waals surface area (Å²) in [6, 6.07) is 0.422. The zero-order chi connectivity index (χ0) is 9.68. The fourth-order valence-electron chi connectivity index (χ4n) is 0.998. The van der Waals surface area contributed by atoms with Crippen LogP contribution in [0.25, 0.3) is 0 Å². The number of thiazole rings is 1. The van der Waals surface area contributed by atoms with Crippen molar-refractivity contribution in [3.05, 3.63) is 11.1 Å². The molecule has 1 unspecified atom stereocenters. The van der Waals surface area contributed by atoms with Gasteiger partial charge in [-0.2, -0.15) is 0 Å². The summed E-state index contributed by atoms with van der Waals surface area (Å²) in [7, 11) is 1.72. The lowest BCUT2D eigenvalue weighted by Gasteiger charge is -2.11. The minimum atomic E-state index is 0.422. The Balaban J connectivity index is 2.31. The van der Waals surface area contributed by atoms with Crippen LogP contribution < -0.4 is 5.32 Å². The van der Waals surface area contributed by atoms with E-state index in [0.29, 0.717) is 6.04 Å². The van der Waals surface area contributed by atoms with Crippen molar-refractivity contribution in [2.45, 2.75) is 26.3 Å². The van der Waals surface area contributed by atoms with Crippen LogP contribution in [0.2, 0.25) is 0 Å². The molecule has 1 N–H and O–H groups in total. The molecule has 0 aliphatic rings. The Morgan fingerprint density at radius 3 is 3.00 bits per heavy atom. The van der Waals surface area contributed by atoms with Crippen molar-refractivity contribution in [3.63, 3.8) is 0 Å². The van der Waals surface area contributed by atoms with Crippen molar-refractivity contribution in [1.82, 2.24) is 4.98 Å². The molecule has 1 atom stereocenters. The smallest absolute Gasteiger partial charge is 0.183 e. The van der Waals surface area contributed by atoms with Crippen LogP contribution in [-0.4, -0.2) is 24.7 Å². The normalized spacial score (nSPS) is 12.8. The molecular weight excluding hydrogens is 184 g/mol. The van der Waals surface area contributed by atoms with E-state index in [1.54, 1.807) is 18.4 Å². The van der Waals surface area contributed by atoms with Crippen molar-refractivity contribution in [2.75, 3.05) is 19.0 Å². The van der Waals surface area contributed by atoms with Gasteiger partial charge in [-0.15, -0.1) is 11.3 Å². The molecule has 74 valence electrons. The number of nitrogens with one attached hydrogen (secondary N) is 1. The van der Waals surface area contributed by atoms with E-state index in [1.807, 2.05) is 12.3 Å². The van der Waals surface area contributed by atoms with E-state index in [-0.39, 0.29) is 0 Å². The molecule has 13 heavy (non-hydrogen) atoms. The molecule has 0 spiro atoms. The van der Waals surface area contributed by atoms with Crippen LogP contribution in [0, 0.1) is 6.92 Å². The van der Waals surface area contributed by atoms with Crippen molar-refractivity contribution in [1.29, 1.82) is 0 Å². The Morgan fingerprint density at radius 2 is 2.46 bits per heavy atom. The third-order valence-electron chi connectivity index (χ3n) is 1.74. The fourth-order valence-corrected chi connectivity index (χ4v) is 1.80. The number of nitrogens with zero attached hydrogens (tertiary/aromatic N) is 1. The minimum Gasteiger partial charge on any atom is -0.385 e. The van der Waals surface area contributed by atoms with Gasteiger partial charge in [-0.1, -0.05) is 0 Å². The molecule has 0 saturated carbocycles. The number of rotatable bonds is 5. The number of hydrogen-bond donors (Lipinski definition) is 1. The zero-order valence-corrected chi connectivity index (χ0v) is 9.15. The summed E-state index contributed by atoms with van der Waals surface area (Å²) in [6.45, 7) is 4.93. The molecule has 0 aliphatic carbocycles. The Morgan fingerprint density at radius 1 is 1.69 bits per heavy atom. The fraction of sp³-hybridized carbons (Fsp3) is 0.667. The Bertz CT molecular complexity index is 250. The largest absolute Gasteiger partial charge is 0.385 e. The number of anilines is 1. The molecule has 0 saturated heterocycles. The lowest BCUT2D eigenvalue weighted by molar-refractivity contribution is 0.191. The molecule has 1 rings (SSSR count). The van der Waals surface area contributed by atoms with Gasteiger partial charge in [0.05, 0.1) is 5.69 Å². The van der Waals surface area contributed by atoms with E-state index >= 15 is 0 Å². The highest BCUT2D eigenvalue weighted by atomic mass is 32.1. The molecule has 0 fully saturated rings. The van der Waals surface area contributed by atoms with Gasteiger partial charge in [-0.25, -0.2) is 4.98 Å². The van der Waals surface area contributed by atoms with Crippen LogP contribution in [0.15, 0.2) is 5.38 Å². The van der Waals surface area contributed by atoms with Crippen LogP contribution in [0.4, 0.5) is 5.13 Å². The third-order valence-corrected chi connectivity index (χ3v) is 2.64. The molecule has 0 amide bonds. The van der Waals surface area contributed by atoms with Gasteiger partial charge in [0, 0.05) is 25.1 Å². The molecule has 1 heterocycles. The van der Waals surface area contributed by atoms with E-state index in [4.69, 9.17) is 4.74 Å². The number of hydrogen-bond acceptors (Lipinski definition) is 4. The molecule has 1 aromatic rings. The summed E-state index contributed by atoms with van der Waals surface area (Å²) < 4.78 is 5.00. The van der Waals surface area contributed by atoms with Crippen molar-refractivity contribution in [2.24, 2.45) is 0 Å². The topological polar surface area (TPSA) is 34.1 Å². The van der Waals surface area contributed by atoms with Gasteiger partial charge >= 0.3 is 0 Å². The van der Waals surface area contributed by atoms with Gasteiger partial charge in [-0.3, -0.25) is 0 Å². The van der Waals surface area contributed by atoms with E-state index in [0.717, 1.165) is 23.9 Å². The zero-order valence-electron chi connectivity index (χ0n) is 8.33. The first-order valence-corrected chi connectivity index (χ1v) is 5.28. The van der Waals surface area contributed by atoms with Crippen LogP contribution >= 0.6 is 11.3 Å². The molecule has 3 nitrogen and oxygen atoms in total. The first-order valence-electron chi connectivity index (χ1n) is 4.40. The molecule has 1 aromatic heterocycles. The Kier molecular flexibility index (Phi) is 4.18. The van der Waals surface area contributed by atoms with Gasteiger partial charge in [0.1, 0.15) is 0 Å². The van der Waals surface area contributed by atoms with Gasteiger partial charge in [0.15, 0.2) is 5.13 Å². The van der Waals surface area contributed by atoms with E-state index in [9.17, 15) is 0 Å². The lowest BCUT2D eigenvalue weighted by atomic mass is 10.2. The highest BCUT2D eigenvalue weighted by molar-refractivity contribution is 7.13. The Labute approximate surface area is 83.1 Å². The van der Waals surface area contributed by atoms with Crippen molar-refractivity contribution < 1.29 is 4.74 Å². The van der Waals surface area contributed by atoms with Gasteiger partial charge < -0.3 is 10.1 Å². The first kappa shape index (κ1) is 10.5. The summed E-state index contributed by atoms with van der Waals surface area (Å²) in [5, 5.41) is 6.37. The summed E-state index contributed by atoms with van der Waals surface area (Å²) in [5.41, 5.74) is 1.08. The van der Waals surface area contributed by atoms with E-state index < -0.39 is 0 Å². The predicted octanol–water partition coefficient (Wildman–Crippen LogP) is 2.29. The van der Waals surface area contributed by atoms with Crippen LogP contribution in [0.3, 0.4) is 0 Å². The monoisotopic (exact) mass is 200 g/mol. The molecular formula is C9H16N2OS. The molecule has 0 aliphatic heterocycles. The number of ether oxygens (including phenoxy) is 1. The average molecular weight is 200 g/mol. The van der Waals surface area contributed by atoms with Gasteiger partial charge in [-0.05, 0) is 20.3 Å². The maximum Gasteiger partial charge on any atom is 0.183 e. The molecule has 0 radical (unpaired) electrons. The standard InChI is InChI=1S/C9H16N2OS/c1-7(4-5-12-3)10-9-11-8(2)6-13-9/h6-7H,4-5H2,1-3H3,(H,10,11). The predicted molar refractivity (Wildman–Crippen MR) is 56.4 cm³/mol. The molecule has 0 aromatic carbocycles. The highest BCUT2D eigenvalue weighted by Gasteiger charge is 2.03. The van der Waals surface area contributed by atoms with Crippen LogP contribution in [0.1, 0.15) is 19.0 Å². The second kappa shape index (κ2) is 5.19. The number of aromatic nitrogens is 1. The maximum absolute atomic E-state index is 5.00. The van der Waals surface area contributed by atoms with Crippen molar-refractivity contribution >= 4 is 16.5 Å². The Hall–Kier alpha value is -0.610. The summed E-state index contributed by atoms with van der Waals surface area (Å²) in [4.78, 5) is 4.33. The second-order valence-corrected chi connectivity index (χ2v) is 3.98. The summed E-state index contributed by atoms with van der Waals surface area (Å²) in [6.07, 6.45) is 1.01. The van der Waals surface area contributed by atoms with E-state index in [2.05, 4.69) is 17.2 Å². The van der Waals surface area contributed by atoms with E-state index in [1.165, 1.54) is 0 Å².